The van der Waals surface area contributed by atoms with E-state index >= 15 is 0 Å². The summed E-state index contributed by atoms with van der Waals surface area (Å²) in [7, 11) is 1.63. The molecule has 1 aromatic heterocycles. The molecule has 6 heteroatoms. The van der Waals surface area contributed by atoms with Gasteiger partial charge in [-0.25, -0.2) is 0 Å². The Morgan fingerprint density at radius 1 is 1.18 bits per heavy atom. The zero-order valence-electron chi connectivity index (χ0n) is 13.5. The first kappa shape index (κ1) is 16.5. The van der Waals surface area contributed by atoms with Gasteiger partial charge in [-0.15, -0.1) is 10.2 Å². The lowest BCUT2D eigenvalue weighted by Crippen LogP contribution is -2.36. The highest BCUT2D eigenvalue weighted by Crippen LogP contribution is 2.21. The van der Waals surface area contributed by atoms with Crippen molar-refractivity contribution in [2.45, 2.75) is 39.5 Å². The highest BCUT2D eigenvalue weighted by atomic mass is 16.5. The maximum atomic E-state index is 9.56. The van der Waals surface area contributed by atoms with Gasteiger partial charge in [0.15, 0.2) is 0 Å². The molecule has 2 aromatic rings. The molecule has 0 fully saturated rings. The van der Waals surface area contributed by atoms with Crippen LogP contribution in [0.5, 0.6) is 5.75 Å². The van der Waals surface area contributed by atoms with Gasteiger partial charge in [-0.3, -0.25) is 4.90 Å². The summed E-state index contributed by atoms with van der Waals surface area (Å²) in [5.41, 5.74) is 0.853. The molecule has 1 N–H and O–H groups in total. The van der Waals surface area contributed by atoms with Gasteiger partial charge in [0.1, 0.15) is 5.75 Å². The Balaban J connectivity index is 2.09. The summed E-state index contributed by atoms with van der Waals surface area (Å²) in [6.07, 6.45) is -0.397. The van der Waals surface area contributed by atoms with E-state index in [2.05, 4.69) is 28.9 Å². The zero-order valence-corrected chi connectivity index (χ0v) is 13.5. The van der Waals surface area contributed by atoms with Crippen molar-refractivity contribution in [3.63, 3.8) is 0 Å². The number of hydrogen-bond donors (Lipinski definition) is 1. The van der Waals surface area contributed by atoms with Gasteiger partial charge in [-0.1, -0.05) is 0 Å². The van der Waals surface area contributed by atoms with Crippen LogP contribution in [0.3, 0.4) is 0 Å². The second-order valence-electron chi connectivity index (χ2n) is 5.60. The average Bonchev–Trinajstić information content (AvgIpc) is 2.94. The van der Waals surface area contributed by atoms with Gasteiger partial charge in [0.05, 0.1) is 19.8 Å². The van der Waals surface area contributed by atoms with Crippen molar-refractivity contribution in [2.24, 2.45) is 0 Å². The van der Waals surface area contributed by atoms with Gasteiger partial charge in [0.2, 0.25) is 11.8 Å². The summed E-state index contributed by atoms with van der Waals surface area (Å²) in [6, 6.07) is 7.75. The van der Waals surface area contributed by atoms with Crippen molar-refractivity contribution < 1.29 is 14.3 Å². The third kappa shape index (κ3) is 4.29. The molecule has 1 atom stereocenters. The Morgan fingerprint density at radius 3 is 2.41 bits per heavy atom. The fourth-order valence-electron chi connectivity index (χ4n) is 2.14. The quantitative estimate of drug-likeness (QED) is 0.846. The molecule has 1 aromatic carbocycles. The Hall–Kier alpha value is -1.92. The molecule has 6 nitrogen and oxygen atoms in total. The molecular weight excluding hydrogens is 282 g/mol. The third-order valence-electron chi connectivity index (χ3n) is 3.37. The zero-order chi connectivity index (χ0) is 16.1. The number of nitrogens with zero attached hydrogens (tertiary/aromatic N) is 3. The SMILES string of the molecule is COc1ccc(-c2nnc(CN(CC(C)O)C(C)C)o2)cc1. The number of rotatable bonds is 7. The van der Waals surface area contributed by atoms with E-state index in [1.165, 1.54) is 0 Å². The van der Waals surface area contributed by atoms with Crippen LogP contribution in [0.1, 0.15) is 26.7 Å². The maximum absolute atomic E-state index is 9.56. The maximum Gasteiger partial charge on any atom is 0.247 e. The van der Waals surface area contributed by atoms with E-state index in [1.807, 2.05) is 24.3 Å². The second-order valence-corrected chi connectivity index (χ2v) is 5.60. The molecule has 0 saturated carbocycles. The predicted octanol–water partition coefficient (Wildman–Crippen LogP) is 2.34. The van der Waals surface area contributed by atoms with Crippen molar-refractivity contribution in [1.82, 2.24) is 15.1 Å². The predicted molar refractivity (Wildman–Crippen MR) is 83.5 cm³/mol. The summed E-state index contributed by atoms with van der Waals surface area (Å²) in [5.74, 6) is 1.81. The summed E-state index contributed by atoms with van der Waals surface area (Å²) >= 11 is 0. The Kier molecular flexibility index (Phi) is 5.51. The number of hydrogen-bond acceptors (Lipinski definition) is 6. The molecule has 22 heavy (non-hydrogen) atoms. The van der Waals surface area contributed by atoms with E-state index < -0.39 is 6.10 Å². The molecule has 0 amide bonds. The van der Waals surface area contributed by atoms with E-state index in [1.54, 1.807) is 14.0 Å². The van der Waals surface area contributed by atoms with Crippen LogP contribution in [0.15, 0.2) is 28.7 Å². The smallest absolute Gasteiger partial charge is 0.247 e. The number of methoxy groups -OCH3 is 1. The Morgan fingerprint density at radius 2 is 1.86 bits per heavy atom. The monoisotopic (exact) mass is 305 g/mol. The molecule has 0 radical (unpaired) electrons. The van der Waals surface area contributed by atoms with Gasteiger partial charge in [-0.05, 0) is 45.0 Å². The lowest BCUT2D eigenvalue weighted by atomic mass is 10.2. The molecule has 1 heterocycles. The van der Waals surface area contributed by atoms with Crippen LogP contribution < -0.4 is 4.74 Å². The minimum absolute atomic E-state index is 0.283. The molecule has 0 saturated heterocycles. The van der Waals surface area contributed by atoms with E-state index in [4.69, 9.17) is 9.15 Å². The summed E-state index contributed by atoms with van der Waals surface area (Å²) < 4.78 is 10.8. The van der Waals surface area contributed by atoms with Crippen molar-refractivity contribution in [3.05, 3.63) is 30.2 Å². The van der Waals surface area contributed by atoms with Gasteiger partial charge >= 0.3 is 0 Å². The summed E-state index contributed by atoms with van der Waals surface area (Å²) in [5, 5.41) is 17.7. The van der Waals surface area contributed by atoms with Gasteiger partial charge in [0.25, 0.3) is 0 Å². The summed E-state index contributed by atoms with van der Waals surface area (Å²) in [4.78, 5) is 2.09. The molecule has 0 bridgehead atoms. The Bertz CT molecular complexity index is 579. The topological polar surface area (TPSA) is 71.6 Å². The molecular formula is C16H23N3O3. The first-order valence-electron chi connectivity index (χ1n) is 7.38. The molecule has 1 unspecified atom stereocenters. The second kappa shape index (κ2) is 7.38. The van der Waals surface area contributed by atoms with E-state index in [-0.39, 0.29) is 6.04 Å². The first-order valence-corrected chi connectivity index (χ1v) is 7.38. The van der Waals surface area contributed by atoms with Crippen molar-refractivity contribution in [3.8, 4) is 17.2 Å². The van der Waals surface area contributed by atoms with E-state index in [0.29, 0.717) is 24.9 Å². The standard InChI is InChI=1S/C16H23N3O3/c1-11(2)19(9-12(3)20)10-15-17-18-16(22-15)13-5-7-14(21-4)8-6-13/h5-8,11-12,20H,9-10H2,1-4H3. The van der Waals surface area contributed by atoms with Crippen LogP contribution >= 0.6 is 0 Å². The number of benzene rings is 1. The number of aliphatic hydroxyl groups excluding tert-OH is 1. The molecule has 0 spiro atoms. The highest BCUT2D eigenvalue weighted by molar-refractivity contribution is 5.53. The minimum Gasteiger partial charge on any atom is -0.497 e. The van der Waals surface area contributed by atoms with Crippen LogP contribution in [0.4, 0.5) is 0 Å². The molecule has 0 aliphatic rings. The lowest BCUT2D eigenvalue weighted by Gasteiger charge is -2.25. The number of aromatic nitrogens is 2. The van der Waals surface area contributed by atoms with Crippen LogP contribution in [0, 0.1) is 0 Å². The highest BCUT2D eigenvalue weighted by Gasteiger charge is 2.17. The fraction of sp³-hybridized carbons (Fsp3) is 0.500. The lowest BCUT2D eigenvalue weighted by molar-refractivity contribution is 0.0963. The Labute approximate surface area is 130 Å². The molecule has 120 valence electrons. The van der Waals surface area contributed by atoms with Crippen molar-refractivity contribution in [2.75, 3.05) is 13.7 Å². The van der Waals surface area contributed by atoms with E-state index in [9.17, 15) is 5.11 Å². The summed E-state index contributed by atoms with van der Waals surface area (Å²) in [6.45, 7) is 7.00. The van der Waals surface area contributed by atoms with E-state index in [0.717, 1.165) is 11.3 Å². The molecule has 0 aliphatic heterocycles. The van der Waals surface area contributed by atoms with Crippen LogP contribution in [-0.2, 0) is 6.54 Å². The van der Waals surface area contributed by atoms with Gasteiger partial charge in [0, 0.05) is 18.2 Å². The van der Waals surface area contributed by atoms with Crippen LogP contribution in [0.2, 0.25) is 0 Å². The first-order chi connectivity index (χ1) is 10.5. The van der Waals surface area contributed by atoms with Gasteiger partial charge < -0.3 is 14.3 Å². The molecule has 2 rings (SSSR count). The van der Waals surface area contributed by atoms with Crippen molar-refractivity contribution >= 4 is 0 Å². The van der Waals surface area contributed by atoms with Crippen molar-refractivity contribution in [1.29, 1.82) is 0 Å². The minimum atomic E-state index is -0.397. The number of ether oxygens (including phenoxy) is 1. The average molecular weight is 305 g/mol. The fourth-order valence-corrected chi connectivity index (χ4v) is 2.14. The van der Waals surface area contributed by atoms with Crippen LogP contribution in [0.25, 0.3) is 11.5 Å². The third-order valence-corrected chi connectivity index (χ3v) is 3.37. The largest absolute Gasteiger partial charge is 0.497 e. The van der Waals surface area contributed by atoms with Crippen LogP contribution in [-0.4, -0.2) is 46.0 Å². The normalized spacial score (nSPS) is 12.9. The number of aliphatic hydroxyl groups is 1. The molecule has 0 aliphatic carbocycles. The van der Waals surface area contributed by atoms with Gasteiger partial charge in [-0.2, -0.15) is 0 Å².